The molecule has 1 aromatic carbocycles. The molecule has 6 fully saturated rings. The number of fused-ring (bicyclic) bond motifs is 2. The van der Waals surface area contributed by atoms with E-state index in [-0.39, 0.29) is 53.0 Å². The summed E-state index contributed by atoms with van der Waals surface area (Å²) < 4.78 is 21.0. The number of nitrogens with one attached hydrogen (secondary N) is 4. The number of aromatic nitrogens is 3. The number of rotatable bonds is 7. The minimum Gasteiger partial charge on any atom is -0.482 e. The SMILES string of the molecule is CC(=O)NC12C3C4C1C1C2C3C41CNC(=O)c1cc(C(=O)NCc2ccc3c(c2)NC(=O)CO3)nc2c(F)cnn12. The van der Waals surface area contributed by atoms with Crippen LogP contribution in [0.3, 0.4) is 0 Å². The molecule has 2 aromatic heterocycles. The summed E-state index contributed by atoms with van der Waals surface area (Å²) in [6.45, 7) is 2.14. The van der Waals surface area contributed by atoms with E-state index in [9.17, 15) is 23.6 Å². The summed E-state index contributed by atoms with van der Waals surface area (Å²) in [5.74, 6) is 1.73. The van der Waals surface area contributed by atoms with Gasteiger partial charge in [-0.2, -0.15) is 5.10 Å². The van der Waals surface area contributed by atoms with Gasteiger partial charge in [-0.15, -0.1) is 0 Å². The number of hydrogen-bond donors (Lipinski definition) is 4. The second-order valence-electron chi connectivity index (χ2n) is 12.2. The van der Waals surface area contributed by atoms with Gasteiger partial charge in [0.1, 0.15) is 17.1 Å². The van der Waals surface area contributed by atoms with Crippen molar-refractivity contribution in [2.75, 3.05) is 18.5 Å². The quantitative estimate of drug-likeness (QED) is 0.329. The summed E-state index contributed by atoms with van der Waals surface area (Å²) in [5.41, 5.74) is 1.03. The highest BCUT2D eigenvalue weighted by Crippen LogP contribution is 3.06. The van der Waals surface area contributed by atoms with Crippen LogP contribution < -0.4 is 26.0 Å². The maximum absolute atomic E-state index is 14.5. The van der Waals surface area contributed by atoms with Gasteiger partial charge in [-0.25, -0.2) is 13.9 Å². The molecule has 4 N–H and O–H groups in total. The van der Waals surface area contributed by atoms with Crippen LogP contribution in [0.25, 0.3) is 5.65 Å². The van der Waals surface area contributed by atoms with Gasteiger partial charge in [0.25, 0.3) is 17.7 Å². The zero-order chi connectivity index (χ0) is 28.0. The molecule has 7 aliphatic rings. The highest BCUT2D eigenvalue weighted by atomic mass is 19.1. The minimum atomic E-state index is -0.747. The van der Waals surface area contributed by atoms with Gasteiger partial charge in [-0.1, -0.05) is 6.07 Å². The number of nitrogens with zero attached hydrogens (tertiary/aromatic N) is 3. The Morgan fingerprint density at radius 1 is 1.10 bits per heavy atom. The van der Waals surface area contributed by atoms with Crippen molar-refractivity contribution in [2.24, 2.45) is 40.9 Å². The molecule has 0 bridgehead atoms. The number of carbonyl (C=O) groups excluding carboxylic acids is 4. The molecule has 13 heteroatoms. The molecule has 6 aliphatic carbocycles. The first kappa shape index (κ1) is 23.2. The first-order valence-electron chi connectivity index (χ1n) is 13.7. The molecular weight excluding hydrogens is 533 g/mol. The van der Waals surface area contributed by atoms with Crippen molar-refractivity contribution < 1.29 is 28.3 Å². The molecular formula is C28H24FN7O5. The highest BCUT2D eigenvalue weighted by Gasteiger charge is 3.09. The molecule has 0 unspecified atom stereocenters. The topological polar surface area (TPSA) is 156 Å². The third-order valence-electron chi connectivity index (χ3n) is 10.8. The Bertz CT molecular complexity index is 1730. The summed E-state index contributed by atoms with van der Waals surface area (Å²) in [6.07, 6.45) is 0.962. The number of hydrogen-bond acceptors (Lipinski definition) is 7. The molecule has 3 heterocycles. The number of halogens is 1. The highest BCUT2D eigenvalue weighted by molar-refractivity contribution is 5.98. The van der Waals surface area contributed by atoms with Gasteiger partial charge in [-0.3, -0.25) is 19.2 Å². The van der Waals surface area contributed by atoms with Crippen LogP contribution in [-0.4, -0.2) is 56.9 Å². The van der Waals surface area contributed by atoms with E-state index in [4.69, 9.17) is 4.74 Å². The fourth-order valence-corrected chi connectivity index (χ4v) is 9.71. The lowest BCUT2D eigenvalue weighted by molar-refractivity contribution is -0.622. The summed E-state index contributed by atoms with van der Waals surface area (Å²) in [6, 6.07) is 6.47. The van der Waals surface area contributed by atoms with E-state index in [0.717, 1.165) is 10.7 Å². The number of ether oxygens (including phenoxy) is 1. The molecule has 208 valence electrons. The van der Waals surface area contributed by atoms with Crippen LogP contribution in [0.4, 0.5) is 10.1 Å². The Balaban J connectivity index is 0.910. The van der Waals surface area contributed by atoms with Crippen molar-refractivity contribution in [2.45, 2.75) is 19.0 Å². The van der Waals surface area contributed by atoms with Crippen LogP contribution in [0.1, 0.15) is 33.5 Å². The lowest BCUT2D eigenvalue weighted by atomic mass is 8.94. The Morgan fingerprint density at radius 3 is 2.59 bits per heavy atom. The molecule has 0 saturated heterocycles. The standard InChI is InChI=1S/C28H24FN7O5/c1-10(37)35-28-21-18-22(28)20-23(28)19(21)27(18,20)9-31-26(40)15-5-14(34-24-12(29)7-32-36(15)24)25(39)30-6-11-2-3-16-13(4-11)33-17(38)8-41-16/h2-5,7,18-23H,6,8-9H2,1H3,(H,30,39)(H,31,40)(H,33,38)(H,35,37). The third-order valence-corrected chi connectivity index (χ3v) is 10.8. The zero-order valence-electron chi connectivity index (χ0n) is 21.7. The van der Waals surface area contributed by atoms with Gasteiger partial charge >= 0.3 is 0 Å². The maximum atomic E-state index is 14.5. The summed E-state index contributed by atoms with van der Waals surface area (Å²) in [5, 5.41) is 15.7. The van der Waals surface area contributed by atoms with E-state index in [1.54, 1.807) is 25.1 Å². The molecule has 0 radical (unpaired) electrons. The van der Waals surface area contributed by atoms with Crippen molar-refractivity contribution in [3.05, 3.63) is 53.2 Å². The number of carbonyl (C=O) groups is 4. The molecule has 3 aromatic rings. The van der Waals surface area contributed by atoms with Crippen molar-refractivity contribution >= 4 is 35.0 Å². The second kappa shape index (κ2) is 7.20. The van der Waals surface area contributed by atoms with Gasteiger partial charge in [-0.05, 0) is 58.6 Å². The Hall–Kier alpha value is -4.55. The Morgan fingerprint density at radius 2 is 1.85 bits per heavy atom. The average Bonchev–Trinajstić information content (AvgIpc) is 3.34. The van der Waals surface area contributed by atoms with Crippen LogP contribution in [-0.2, 0) is 16.1 Å². The molecule has 6 saturated carbocycles. The van der Waals surface area contributed by atoms with E-state index in [1.165, 1.54) is 6.07 Å². The van der Waals surface area contributed by atoms with E-state index in [0.29, 0.717) is 59.1 Å². The van der Waals surface area contributed by atoms with Crippen molar-refractivity contribution in [1.82, 2.24) is 30.5 Å². The van der Waals surface area contributed by atoms with E-state index < -0.39 is 17.6 Å². The van der Waals surface area contributed by atoms with Crippen molar-refractivity contribution in [3.8, 4) is 5.75 Å². The van der Waals surface area contributed by atoms with Crippen molar-refractivity contribution in [1.29, 1.82) is 0 Å². The fourth-order valence-electron chi connectivity index (χ4n) is 9.71. The number of anilines is 1. The molecule has 0 atom stereocenters. The van der Waals surface area contributed by atoms with Crippen LogP contribution in [0, 0.1) is 46.7 Å². The summed E-state index contributed by atoms with van der Waals surface area (Å²) in [4.78, 5) is 53.8. The second-order valence-corrected chi connectivity index (χ2v) is 12.2. The number of benzene rings is 1. The Labute approximate surface area is 231 Å². The van der Waals surface area contributed by atoms with Gasteiger partial charge in [0.05, 0.1) is 17.4 Å². The van der Waals surface area contributed by atoms with Crippen LogP contribution in [0.15, 0.2) is 30.5 Å². The van der Waals surface area contributed by atoms with Gasteiger partial charge < -0.3 is 26.0 Å². The van der Waals surface area contributed by atoms with E-state index in [1.807, 2.05) is 0 Å². The first-order valence-corrected chi connectivity index (χ1v) is 13.7. The molecule has 1 aliphatic heterocycles. The van der Waals surface area contributed by atoms with Gasteiger partial charge in [0.2, 0.25) is 5.91 Å². The summed E-state index contributed by atoms with van der Waals surface area (Å²) >= 11 is 0. The molecule has 4 amide bonds. The average molecular weight is 558 g/mol. The van der Waals surface area contributed by atoms with Gasteiger partial charge in [0.15, 0.2) is 18.1 Å². The monoisotopic (exact) mass is 557 g/mol. The number of amides is 4. The lowest BCUT2D eigenvalue weighted by Crippen LogP contribution is -3.15. The van der Waals surface area contributed by atoms with Crippen LogP contribution in [0.5, 0.6) is 5.75 Å². The predicted octanol–water partition coefficient (Wildman–Crippen LogP) is 0.486. The smallest absolute Gasteiger partial charge is 0.270 e. The normalized spacial score (nSPS) is 35.1. The first-order chi connectivity index (χ1) is 19.8. The van der Waals surface area contributed by atoms with E-state index >= 15 is 0 Å². The predicted molar refractivity (Wildman–Crippen MR) is 137 cm³/mol. The lowest BCUT2D eigenvalue weighted by Gasteiger charge is -3.11. The molecule has 41 heavy (non-hydrogen) atoms. The van der Waals surface area contributed by atoms with Crippen LogP contribution in [0.2, 0.25) is 0 Å². The molecule has 12 nitrogen and oxygen atoms in total. The molecule has 10 rings (SSSR count). The fraction of sp³-hybridized carbons (Fsp3) is 0.429. The third kappa shape index (κ3) is 2.48. The largest absolute Gasteiger partial charge is 0.482 e. The summed E-state index contributed by atoms with van der Waals surface area (Å²) in [7, 11) is 0. The van der Waals surface area contributed by atoms with Crippen LogP contribution >= 0.6 is 0 Å². The zero-order valence-corrected chi connectivity index (χ0v) is 21.7. The minimum absolute atomic E-state index is 0.0179. The maximum Gasteiger partial charge on any atom is 0.270 e. The van der Waals surface area contributed by atoms with Gasteiger partial charge in [0, 0.05) is 26.1 Å². The van der Waals surface area contributed by atoms with E-state index in [2.05, 4.69) is 31.3 Å². The van der Waals surface area contributed by atoms with Crippen molar-refractivity contribution in [3.63, 3.8) is 0 Å². The Kier molecular flexibility index (Phi) is 4.07. The molecule has 0 spiro atoms.